The van der Waals surface area contributed by atoms with Crippen LogP contribution in [0.2, 0.25) is 0 Å². The third-order valence-corrected chi connectivity index (χ3v) is 9.02. The van der Waals surface area contributed by atoms with Crippen molar-refractivity contribution in [1.29, 1.82) is 0 Å². The van der Waals surface area contributed by atoms with Crippen molar-refractivity contribution in [1.82, 2.24) is 0 Å². The molecule has 0 saturated heterocycles. The zero-order chi connectivity index (χ0) is 55.1. The Hall–Kier alpha value is -6.64. The first kappa shape index (κ1) is 12.0. The van der Waals surface area contributed by atoms with Gasteiger partial charge in [0, 0.05) is 21.9 Å². The average molecular weight is 661 g/mol. The van der Waals surface area contributed by atoms with E-state index in [1.165, 1.54) is 0 Å². The van der Waals surface area contributed by atoms with Gasteiger partial charge in [-0.2, -0.15) is 0 Å². The minimum Gasteiger partial charge on any atom is -0.456 e. The number of rotatable bonds is 2. The lowest BCUT2D eigenvalue weighted by molar-refractivity contribution is 0.487. The molecule has 2 aliphatic rings. The predicted octanol–water partition coefficient (Wildman–Crippen LogP) is 13.8. The van der Waals surface area contributed by atoms with Gasteiger partial charge in [-0.3, -0.25) is 0 Å². The Bertz CT molecular complexity index is 4300. The van der Waals surface area contributed by atoms with Crippen molar-refractivity contribution < 1.29 is 45.1 Å². The summed E-state index contributed by atoms with van der Waals surface area (Å²) >= 11 is 0. The fourth-order valence-corrected chi connectivity index (χ4v) is 6.91. The Morgan fingerprint density at radius 3 is 1.12 bits per heavy atom. The van der Waals surface area contributed by atoms with Gasteiger partial charge in [-0.25, -0.2) is 0 Å². The summed E-state index contributed by atoms with van der Waals surface area (Å²) in [4.78, 5) is 0. The molecular weight excluding hydrogens is 609 g/mol. The molecule has 0 bridgehead atoms. The molecule has 0 aromatic heterocycles. The lowest BCUT2D eigenvalue weighted by atomic mass is 9.84. The van der Waals surface area contributed by atoms with E-state index >= 15 is 0 Å². The van der Waals surface area contributed by atoms with E-state index in [4.69, 9.17) is 25.9 Å². The van der Waals surface area contributed by atoms with Gasteiger partial charge in [0.15, 0.2) is 0 Å². The number of hydrogen-bond donors (Lipinski definition) is 0. The van der Waals surface area contributed by atoms with E-state index in [2.05, 4.69) is 0 Å². The molecule has 0 atom stereocenters. The fourth-order valence-electron chi connectivity index (χ4n) is 6.91. The molecule has 0 amide bonds. The summed E-state index contributed by atoms with van der Waals surface area (Å²) in [6, 6.07) is -21.2. The van der Waals surface area contributed by atoms with Crippen LogP contribution >= 0.6 is 0 Å². The Morgan fingerprint density at radius 2 is 0.640 bits per heavy atom. The van der Waals surface area contributed by atoms with Crippen LogP contribution in [0.4, 0.5) is 0 Å². The molecular formula is C48H26O2. The number of ether oxygens (including phenoxy) is 2. The minimum atomic E-state index is -0.897. The molecule has 0 N–H and O–H groups in total. The highest BCUT2D eigenvalue weighted by Crippen LogP contribution is 2.52. The maximum Gasteiger partial charge on any atom is 0.135 e. The number of fused-ring (bicyclic) bond motifs is 4. The Balaban J connectivity index is 1.30. The van der Waals surface area contributed by atoms with Crippen LogP contribution in [0.15, 0.2) is 157 Å². The van der Waals surface area contributed by atoms with Crippen molar-refractivity contribution in [3.63, 3.8) is 0 Å². The van der Waals surface area contributed by atoms with Crippen LogP contribution in [-0.4, -0.2) is 0 Å². The molecule has 10 aromatic carbocycles. The maximum atomic E-state index is 9.63. The van der Waals surface area contributed by atoms with Gasteiger partial charge >= 0.3 is 0 Å². The second kappa shape index (κ2) is 9.49. The van der Waals surface area contributed by atoms with E-state index < -0.39 is 268 Å². The van der Waals surface area contributed by atoms with Gasteiger partial charge in [0.2, 0.25) is 0 Å². The molecule has 12 rings (SSSR count). The molecule has 0 unspecified atom stereocenters. The SMILES string of the molecule is [2H]c1c([2H])c([2H])c2c(c1[2H])Oc1c([2H])c([2H])c(-c3c([2H])c([2H])c4c([2H])c([2H])c5c(-c6c([2H])c([2H])c7c8c(c([2H])c([2H])c([2H])c68)-c6c([2H])c([2H])c([2H])c([2H])c6O7)c([2H])c([2H])c6c([2H])c([2H])c3c4c65)c3c([2H])c([2H])c([2H])c-2c13. The Kier molecular flexibility index (Phi) is 2.29. The van der Waals surface area contributed by atoms with Crippen molar-refractivity contribution in [3.05, 3.63) is 157 Å². The zero-order valence-electron chi connectivity index (χ0n) is 50.8. The molecule has 2 aliphatic heterocycles. The van der Waals surface area contributed by atoms with Crippen LogP contribution in [0.1, 0.15) is 35.6 Å². The molecule has 230 valence electrons. The van der Waals surface area contributed by atoms with Gasteiger partial charge in [-0.05, 0) is 101 Å². The van der Waals surface area contributed by atoms with Crippen LogP contribution in [0.25, 0.3) is 98.4 Å². The molecule has 0 radical (unpaired) electrons. The van der Waals surface area contributed by atoms with Crippen molar-refractivity contribution in [2.75, 3.05) is 0 Å². The van der Waals surface area contributed by atoms with Crippen molar-refractivity contribution in [2.45, 2.75) is 0 Å². The van der Waals surface area contributed by atoms with Gasteiger partial charge in [-0.15, -0.1) is 0 Å². The van der Waals surface area contributed by atoms with Crippen LogP contribution in [-0.2, 0) is 0 Å². The molecule has 50 heavy (non-hydrogen) atoms. The number of benzene rings is 10. The van der Waals surface area contributed by atoms with Crippen molar-refractivity contribution in [2.24, 2.45) is 0 Å². The first-order chi connectivity index (χ1) is 35.6. The monoisotopic (exact) mass is 660 g/mol. The van der Waals surface area contributed by atoms with Gasteiger partial charge in [-0.1, -0.05) is 133 Å². The van der Waals surface area contributed by atoms with E-state index in [1.807, 2.05) is 0 Å². The second-order valence-corrected chi connectivity index (χ2v) is 11.5. The standard InChI is InChI=1S/C48H26O2/c1-3-13-41-33(7-1)37-11-5-9-35-31(23-25-43(49-41)47(35)37)29-19-15-27-18-22-40-30(20-16-28-17-21-39(29)45(27)46(28)40)32-24-26-44-48-36(32)10-6-12-38(48)34-8-2-4-14-42(34)50-44/h1-26H/i1D,2D,3D,4D,5D,6D,7D,8D,9D,10D,11D,12D,13D,14D,15D,16D,17D,18D,19D,20D,21D,22D,23D,24D,25D,26D. The normalized spacial score (nSPS) is 20.0. The van der Waals surface area contributed by atoms with Gasteiger partial charge in [0.1, 0.15) is 23.0 Å². The summed E-state index contributed by atoms with van der Waals surface area (Å²) in [5.41, 5.74) is -4.17. The summed E-state index contributed by atoms with van der Waals surface area (Å²) in [6.07, 6.45) is 0. The quantitative estimate of drug-likeness (QED) is 0.172. The van der Waals surface area contributed by atoms with Crippen LogP contribution < -0.4 is 9.47 Å². The first-order valence-corrected chi connectivity index (χ1v) is 15.1. The topological polar surface area (TPSA) is 18.5 Å². The van der Waals surface area contributed by atoms with E-state index in [1.54, 1.807) is 0 Å². The number of para-hydroxylation sites is 2. The van der Waals surface area contributed by atoms with Gasteiger partial charge < -0.3 is 9.47 Å². The summed E-state index contributed by atoms with van der Waals surface area (Å²) in [6.45, 7) is 0. The van der Waals surface area contributed by atoms with E-state index in [-0.39, 0.29) is 10.8 Å². The van der Waals surface area contributed by atoms with Crippen LogP contribution in [0.3, 0.4) is 0 Å². The molecule has 0 aliphatic carbocycles. The smallest absolute Gasteiger partial charge is 0.135 e. The largest absolute Gasteiger partial charge is 0.456 e. The maximum absolute atomic E-state index is 9.63. The summed E-state index contributed by atoms with van der Waals surface area (Å²) in [5, 5.41) is -4.76. The fraction of sp³-hybridized carbons (Fsp3) is 0. The zero-order valence-corrected chi connectivity index (χ0v) is 24.8. The third kappa shape index (κ3) is 3.37. The molecule has 10 aromatic rings. The third-order valence-electron chi connectivity index (χ3n) is 9.02. The highest BCUT2D eigenvalue weighted by molar-refractivity contribution is 6.29. The molecule has 0 fully saturated rings. The summed E-state index contributed by atoms with van der Waals surface area (Å²) in [5.74, 6) is -2.24. The van der Waals surface area contributed by atoms with Crippen LogP contribution in [0.5, 0.6) is 23.0 Å². The highest BCUT2D eigenvalue weighted by atomic mass is 16.5. The average Bonchev–Trinajstić information content (AvgIpc) is 3.57. The lowest BCUT2D eigenvalue weighted by Crippen LogP contribution is -1.98. The van der Waals surface area contributed by atoms with Crippen molar-refractivity contribution >= 4 is 53.9 Å². The second-order valence-electron chi connectivity index (χ2n) is 11.5. The Labute approximate surface area is 324 Å². The summed E-state index contributed by atoms with van der Waals surface area (Å²) in [7, 11) is 0. The molecule has 0 spiro atoms. The molecule has 0 saturated carbocycles. The van der Waals surface area contributed by atoms with E-state index in [0.717, 1.165) is 0 Å². The number of hydrogen-bond acceptors (Lipinski definition) is 2. The van der Waals surface area contributed by atoms with Crippen molar-refractivity contribution in [3.8, 4) is 67.5 Å². The Morgan fingerprint density at radius 1 is 0.260 bits per heavy atom. The van der Waals surface area contributed by atoms with Crippen LogP contribution in [0, 0.1) is 0 Å². The van der Waals surface area contributed by atoms with E-state index in [0.29, 0.717) is 0 Å². The van der Waals surface area contributed by atoms with E-state index in [9.17, 15) is 19.2 Å². The van der Waals surface area contributed by atoms with Gasteiger partial charge in [0.05, 0.1) is 35.6 Å². The molecule has 2 heteroatoms. The summed E-state index contributed by atoms with van der Waals surface area (Å²) < 4.78 is 249. The van der Waals surface area contributed by atoms with Gasteiger partial charge in [0.25, 0.3) is 0 Å². The molecule has 2 heterocycles. The first-order valence-electron chi connectivity index (χ1n) is 28.1. The molecule has 2 nitrogen and oxygen atoms in total. The lowest BCUT2D eigenvalue weighted by Gasteiger charge is -2.23. The highest BCUT2D eigenvalue weighted by Gasteiger charge is 2.24. The minimum absolute atomic E-state index is 0.381. The predicted molar refractivity (Wildman–Crippen MR) is 207 cm³/mol.